The predicted molar refractivity (Wildman–Crippen MR) is 73.3 cm³/mol. The first-order valence-electron chi connectivity index (χ1n) is 6.96. The van der Waals surface area contributed by atoms with Gasteiger partial charge >= 0.3 is 0 Å². The van der Waals surface area contributed by atoms with Crippen LogP contribution in [0.15, 0.2) is 0 Å². The Balaban J connectivity index is 2.24. The van der Waals surface area contributed by atoms with Gasteiger partial charge in [-0.1, -0.05) is 0 Å². The van der Waals surface area contributed by atoms with Gasteiger partial charge in [-0.05, 0) is 40.2 Å². The van der Waals surface area contributed by atoms with Gasteiger partial charge in [0, 0.05) is 26.2 Å². The van der Waals surface area contributed by atoms with Gasteiger partial charge in [0.05, 0.1) is 11.5 Å². The number of aliphatic hydroxyl groups is 1. The Kier molecular flexibility index (Phi) is 5.77. The van der Waals surface area contributed by atoms with Crippen LogP contribution in [-0.4, -0.2) is 59.6 Å². The quantitative estimate of drug-likeness (QED) is 0.801. The zero-order valence-electron chi connectivity index (χ0n) is 12.2. The minimum atomic E-state index is -0.900. The highest BCUT2D eigenvalue weighted by Crippen LogP contribution is 2.20. The van der Waals surface area contributed by atoms with Crippen LogP contribution < -0.4 is 0 Å². The lowest BCUT2D eigenvalue weighted by Crippen LogP contribution is -2.51. The Labute approximate surface area is 115 Å². The summed E-state index contributed by atoms with van der Waals surface area (Å²) in [4.78, 5) is 15.7. The van der Waals surface area contributed by atoms with Gasteiger partial charge < -0.3 is 10.0 Å². The Morgan fingerprint density at radius 2 is 1.95 bits per heavy atom. The van der Waals surface area contributed by atoms with Gasteiger partial charge in [0.15, 0.2) is 0 Å². The number of nitriles is 1. The van der Waals surface area contributed by atoms with Crippen molar-refractivity contribution in [2.24, 2.45) is 5.41 Å². The van der Waals surface area contributed by atoms with Gasteiger partial charge in [0.2, 0.25) is 0 Å². The first kappa shape index (κ1) is 15.9. The third-order valence-corrected chi connectivity index (χ3v) is 3.62. The average Bonchev–Trinajstić information content (AvgIpc) is 2.38. The molecule has 1 unspecified atom stereocenters. The SMILES string of the molecule is CC(O)C(=O)N1CCN(CCCC(C)(C)C#N)CC1. The molecule has 1 heterocycles. The number of hydrogen-bond acceptors (Lipinski definition) is 4. The largest absolute Gasteiger partial charge is 0.384 e. The third-order valence-electron chi connectivity index (χ3n) is 3.62. The molecule has 1 N–H and O–H groups in total. The van der Waals surface area contributed by atoms with Crippen LogP contribution in [0.1, 0.15) is 33.6 Å². The molecular formula is C14H25N3O2. The van der Waals surface area contributed by atoms with Gasteiger partial charge in [-0.3, -0.25) is 9.69 Å². The lowest BCUT2D eigenvalue weighted by molar-refractivity contribution is -0.141. The molecule has 1 rings (SSSR count). The van der Waals surface area contributed by atoms with Crippen LogP contribution >= 0.6 is 0 Å². The second kappa shape index (κ2) is 6.88. The van der Waals surface area contributed by atoms with E-state index >= 15 is 0 Å². The summed E-state index contributed by atoms with van der Waals surface area (Å²) >= 11 is 0. The van der Waals surface area contributed by atoms with Crippen molar-refractivity contribution in [1.82, 2.24) is 9.80 Å². The number of amides is 1. The van der Waals surface area contributed by atoms with Crippen molar-refractivity contribution in [3.63, 3.8) is 0 Å². The molecule has 108 valence electrons. The lowest BCUT2D eigenvalue weighted by atomic mass is 9.90. The Hall–Kier alpha value is -1.12. The van der Waals surface area contributed by atoms with Crippen LogP contribution in [0.5, 0.6) is 0 Å². The van der Waals surface area contributed by atoms with E-state index in [2.05, 4.69) is 11.0 Å². The molecule has 0 saturated carbocycles. The summed E-state index contributed by atoms with van der Waals surface area (Å²) < 4.78 is 0. The first-order chi connectivity index (χ1) is 8.85. The molecule has 1 atom stereocenters. The van der Waals surface area contributed by atoms with Crippen molar-refractivity contribution in [1.29, 1.82) is 5.26 Å². The van der Waals surface area contributed by atoms with Crippen molar-refractivity contribution in [3.8, 4) is 6.07 Å². The summed E-state index contributed by atoms with van der Waals surface area (Å²) in [6, 6.07) is 2.31. The molecule has 5 heteroatoms. The standard InChI is InChI=1S/C14H25N3O2/c1-12(18)13(19)17-9-7-16(8-10-17)6-4-5-14(2,3)11-15/h12,18H,4-10H2,1-3H3. The van der Waals surface area contributed by atoms with Crippen LogP contribution in [0, 0.1) is 16.7 Å². The highest BCUT2D eigenvalue weighted by Gasteiger charge is 2.24. The summed E-state index contributed by atoms with van der Waals surface area (Å²) in [5, 5.41) is 18.2. The topological polar surface area (TPSA) is 67.6 Å². The highest BCUT2D eigenvalue weighted by atomic mass is 16.3. The first-order valence-corrected chi connectivity index (χ1v) is 6.96. The second-order valence-electron chi connectivity index (χ2n) is 5.94. The molecular weight excluding hydrogens is 242 g/mol. The average molecular weight is 267 g/mol. The molecule has 0 radical (unpaired) electrons. The molecule has 1 aliphatic rings. The maximum absolute atomic E-state index is 11.6. The number of carbonyl (C=O) groups is 1. The van der Waals surface area contributed by atoms with Gasteiger partial charge in [0.25, 0.3) is 5.91 Å². The molecule has 1 amide bonds. The van der Waals surface area contributed by atoms with Crippen LogP contribution in [0.25, 0.3) is 0 Å². The monoisotopic (exact) mass is 267 g/mol. The van der Waals surface area contributed by atoms with Crippen LogP contribution in [0.2, 0.25) is 0 Å². The van der Waals surface area contributed by atoms with Crippen LogP contribution in [-0.2, 0) is 4.79 Å². The second-order valence-corrected chi connectivity index (χ2v) is 5.94. The van der Waals surface area contributed by atoms with E-state index in [0.717, 1.165) is 32.5 Å². The summed E-state index contributed by atoms with van der Waals surface area (Å²) in [5.74, 6) is -0.176. The molecule has 5 nitrogen and oxygen atoms in total. The van der Waals surface area contributed by atoms with Gasteiger partial charge in [-0.2, -0.15) is 5.26 Å². The van der Waals surface area contributed by atoms with Gasteiger partial charge in [-0.25, -0.2) is 0 Å². The van der Waals surface area contributed by atoms with E-state index in [0.29, 0.717) is 13.1 Å². The summed E-state index contributed by atoms with van der Waals surface area (Å²) in [6.45, 7) is 9.49. The molecule has 0 aromatic heterocycles. The molecule has 1 aliphatic heterocycles. The van der Waals surface area contributed by atoms with E-state index in [1.807, 2.05) is 13.8 Å². The fourth-order valence-corrected chi connectivity index (χ4v) is 2.26. The Bertz CT molecular complexity index is 339. The minimum Gasteiger partial charge on any atom is -0.384 e. The normalized spacial score (nSPS) is 19.0. The smallest absolute Gasteiger partial charge is 0.251 e. The maximum Gasteiger partial charge on any atom is 0.251 e. The van der Waals surface area contributed by atoms with Crippen molar-refractivity contribution in [2.45, 2.75) is 39.7 Å². The number of aliphatic hydroxyl groups excluding tert-OH is 1. The van der Waals surface area contributed by atoms with Crippen molar-refractivity contribution >= 4 is 5.91 Å². The van der Waals surface area contributed by atoms with Gasteiger partial charge in [0.1, 0.15) is 6.10 Å². The van der Waals surface area contributed by atoms with Crippen molar-refractivity contribution in [3.05, 3.63) is 0 Å². The van der Waals surface area contributed by atoms with E-state index in [4.69, 9.17) is 5.26 Å². The van der Waals surface area contributed by atoms with Crippen LogP contribution in [0.4, 0.5) is 0 Å². The van der Waals surface area contributed by atoms with E-state index in [1.54, 1.807) is 4.90 Å². The predicted octanol–water partition coefficient (Wildman–Crippen LogP) is 0.841. The zero-order chi connectivity index (χ0) is 14.5. The van der Waals surface area contributed by atoms with E-state index in [-0.39, 0.29) is 11.3 Å². The van der Waals surface area contributed by atoms with Gasteiger partial charge in [-0.15, -0.1) is 0 Å². The fourth-order valence-electron chi connectivity index (χ4n) is 2.26. The number of rotatable bonds is 5. The maximum atomic E-state index is 11.6. The molecule has 19 heavy (non-hydrogen) atoms. The van der Waals surface area contributed by atoms with Crippen molar-refractivity contribution in [2.75, 3.05) is 32.7 Å². The lowest BCUT2D eigenvalue weighted by Gasteiger charge is -2.35. The van der Waals surface area contributed by atoms with E-state index < -0.39 is 6.10 Å². The molecule has 0 spiro atoms. The van der Waals surface area contributed by atoms with E-state index in [9.17, 15) is 9.90 Å². The minimum absolute atomic E-state index is 0.176. The summed E-state index contributed by atoms with van der Waals surface area (Å²) in [5.41, 5.74) is -0.246. The molecule has 1 fully saturated rings. The van der Waals surface area contributed by atoms with Crippen molar-refractivity contribution < 1.29 is 9.90 Å². The molecule has 0 aliphatic carbocycles. The molecule has 0 aromatic rings. The Morgan fingerprint density at radius 1 is 1.37 bits per heavy atom. The highest BCUT2D eigenvalue weighted by molar-refractivity contribution is 5.80. The number of nitrogens with zero attached hydrogens (tertiary/aromatic N) is 3. The molecule has 0 aromatic carbocycles. The Morgan fingerprint density at radius 3 is 2.42 bits per heavy atom. The fraction of sp³-hybridized carbons (Fsp3) is 0.857. The molecule has 1 saturated heterocycles. The number of piperazine rings is 1. The summed E-state index contributed by atoms with van der Waals surface area (Å²) in [7, 11) is 0. The number of carbonyl (C=O) groups excluding carboxylic acids is 1. The summed E-state index contributed by atoms with van der Waals surface area (Å²) in [6.07, 6.45) is 1.00. The number of hydrogen-bond donors (Lipinski definition) is 1. The van der Waals surface area contributed by atoms with Crippen LogP contribution in [0.3, 0.4) is 0 Å². The zero-order valence-corrected chi connectivity index (χ0v) is 12.2. The van der Waals surface area contributed by atoms with E-state index in [1.165, 1.54) is 6.92 Å². The molecule has 0 bridgehead atoms. The third kappa shape index (κ3) is 5.17.